The fraction of sp³-hybridized carbons (Fsp3) is 1.00. The molecule has 16 heavy (non-hydrogen) atoms. The Hall–Kier alpha value is -0.120. The van der Waals surface area contributed by atoms with Gasteiger partial charge in [0.1, 0.15) is 0 Å². The second kappa shape index (κ2) is 5.48. The number of aliphatic hydroxyl groups excluding tert-OH is 1. The molecule has 0 aliphatic heterocycles. The molecule has 1 atom stereocenters. The van der Waals surface area contributed by atoms with Crippen LogP contribution in [0, 0.1) is 5.92 Å². The van der Waals surface area contributed by atoms with E-state index >= 15 is 0 Å². The minimum absolute atomic E-state index is 0.204. The Morgan fingerprint density at radius 2 is 1.75 bits per heavy atom. The van der Waals surface area contributed by atoms with Crippen molar-refractivity contribution in [3.63, 3.8) is 0 Å². The first-order chi connectivity index (χ1) is 7.37. The van der Waals surface area contributed by atoms with Crippen molar-refractivity contribution in [3.8, 4) is 0 Å². The molecule has 0 bridgehead atoms. The van der Waals surface area contributed by atoms with Crippen LogP contribution in [-0.2, 0) is 0 Å². The normalized spacial score (nSPS) is 21.6. The summed E-state index contributed by atoms with van der Waals surface area (Å²) in [5.74, 6) is 0.346. The van der Waals surface area contributed by atoms with Crippen molar-refractivity contribution in [2.45, 2.75) is 44.8 Å². The summed E-state index contributed by atoms with van der Waals surface area (Å²) in [5, 5.41) is 9.87. The quantitative estimate of drug-likeness (QED) is 0.745. The molecule has 0 amide bonds. The number of hydrogen-bond donors (Lipinski definition) is 1. The fourth-order valence-electron chi connectivity index (χ4n) is 2.43. The monoisotopic (exact) mass is 228 g/mol. The van der Waals surface area contributed by atoms with Crippen LogP contribution in [-0.4, -0.2) is 60.8 Å². The van der Waals surface area contributed by atoms with Crippen LogP contribution < -0.4 is 0 Å². The van der Waals surface area contributed by atoms with Gasteiger partial charge in [0.2, 0.25) is 0 Å². The molecule has 1 rings (SSSR count). The van der Waals surface area contributed by atoms with Crippen LogP contribution in [0.3, 0.4) is 0 Å². The molecule has 0 radical (unpaired) electrons. The molecular formula is C13H28N2O. The third kappa shape index (κ3) is 3.19. The van der Waals surface area contributed by atoms with Crippen LogP contribution in [0.15, 0.2) is 0 Å². The van der Waals surface area contributed by atoms with Gasteiger partial charge < -0.3 is 14.9 Å². The summed E-state index contributed by atoms with van der Waals surface area (Å²) < 4.78 is 0. The van der Waals surface area contributed by atoms with E-state index in [9.17, 15) is 5.11 Å². The average Bonchev–Trinajstić information content (AvgIpc) is 2.10. The lowest BCUT2D eigenvalue weighted by Gasteiger charge is -2.49. The molecule has 1 aliphatic rings. The molecule has 0 aromatic carbocycles. The van der Waals surface area contributed by atoms with Crippen molar-refractivity contribution in [1.29, 1.82) is 0 Å². The van der Waals surface area contributed by atoms with Gasteiger partial charge in [0.05, 0.1) is 6.10 Å². The van der Waals surface area contributed by atoms with E-state index in [4.69, 9.17) is 0 Å². The second-order valence-electron chi connectivity index (χ2n) is 5.98. The van der Waals surface area contributed by atoms with E-state index in [1.54, 1.807) is 0 Å². The van der Waals surface area contributed by atoms with E-state index in [-0.39, 0.29) is 6.10 Å². The van der Waals surface area contributed by atoms with Gasteiger partial charge in [0, 0.05) is 18.6 Å². The lowest BCUT2D eigenvalue weighted by Crippen LogP contribution is -2.57. The number of hydrogen-bond acceptors (Lipinski definition) is 3. The summed E-state index contributed by atoms with van der Waals surface area (Å²) in [6.07, 6.45) is 3.73. The van der Waals surface area contributed by atoms with Crippen molar-refractivity contribution in [2.24, 2.45) is 5.92 Å². The van der Waals surface area contributed by atoms with Crippen molar-refractivity contribution in [2.75, 3.05) is 34.2 Å². The highest BCUT2D eigenvalue weighted by Gasteiger charge is 2.39. The van der Waals surface area contributed by atoms with Gasteiger partial charge in [-0.25, -0.2) is 0 Å². The van der Waals surface area contributed by atoms with Crippen molar-refractivity contribution in [3.05, 3.63) is 0 Å². The fourth-order valence-corrected chi connectivity index (χ4v) is 2.43. The largest absolute Gasteiger partial charge is 0.392 e. The van der Waals surface area contributed by atoms with Gasteiger partial charge in [-0.15, -0.1) is 0 Å². The van der Waals surface area contributed by atoms with Gasteiger partial charge >= 0.3 is 0 Å². The van der Waals surface area contributed by atoms with E-state index in [0.29, 0.717) is 11.5 Å². The summed E-state index contributed by atoms with van der Waals surface area (Å²) in [7, 11) is 6.47. The number of likely N-dealkylation sites (N-methyl/N-ethyl adjacent to an activating group) is 2. The number of aliphatic hydroxyl groups is 1. The molecule has 1 aliphatic carbocycles. The lowest BCUT2D eigenvalue weighted by molar-refractivity contribution is 0.00837. The molecule has 1 fully saturated rings. The maximum absolute atomic E-state index is 9.87. The van der Waals surface area contributed by atoms with E-state index in [1.807, 2.05) is 0 Å². The van der Waals surface area contributed by atoms with Gasteiger partial charge in [-0.05, 0) is 46.3 Å². The molecule has 0 aromatic rings. The molecular weight excluding hydrogens is 200 g/mol. The predicted octanol–water partition coefficient (Wildman–Crippen LogP) is 1.42. The van der Waals surface area contributed by atoms with Crippen LogP contribution in [0.4, 0.5) is 0 Å². The first kappa shape index (κ1) is 13.9. The Kier molecular flexibility index (Phi) is 4.77. The lowest BCUT2D eigenvalue weighted by atomic mass is 9.75. The van der Waals surface area contributed by atoms with Crippen LogP contribution in [0.25, 0.3) is 0 Å². The molecule has 96 valence electrons. The van der Waals surface area contributed by atoms with Gasteiger partial charge in [-0.2, -0.15) is 0 Å². The molecule has 1 N–H and O–H groups in total. The Bertz CT molecular complexity index is 212. The number of nitrogens with zero attached hydrogens (tertiary/aromatic N) is 2. The molecule has 0 spiro atoms. The first-order valence-corrected chi connectivity index (χ1v) is 6.41. The molecule has 0 heterocycles. The maximum Gasteiger partial charge on any atom is 0.0689 e. The highest BCUT2D eigenvalue weighted by Crippen LogP contribution is 2.36. The molecule has 0 aromatic heterocycles. The van der Waals surface area contributed by atoms with E-state index < -0.39 is 0 Å². The van der Waals surface area contributed by atoms with Gasteiger partial charge in [0.25, 0.3) is 0 Å². The van der Waals surface area contributed by atoms with Crippen molar-refractivity contribution < 1.29 is 5.11 Å². The van der Waals surface area contributed by atoms with E-state index in [2.05, 4.69) is 44.8 Å². The molecule has 3 heteroatoms. The van der Waals surface area contributed by atoms with Crippen LogP contribution in [0.5, 0.6) is 0 Å². The summed E-state index contributed by atoms with van der Waals surface area (Å²) >= 11 is 0. The summed E-state index contributed by atoms with van der Waals surface area (Å²) in [6, 6.07) is 0. The van der Waals surface area contributed by atoms with Gasteiger partial charge in [-0.1, -0.05) is 13.8 Å². The minimum atomic E-state index is -0.204. The van der Waals surface area contributed by atoms with Crippen molar-refractivity contribution >= 4 is 0 Å². The SMILES string of the molecule is CC(C)C(O)CN(C)CC1(N(C)C)CCC1. The van der Waals surface area contributed by atoms with E-state index in [0.717, 1.165) is 13.1 Å². The summed E-state index contributed by atoms with van der Waals surface area (Å²) in [4.78, 5) is 4.64. The molecule has 1 saturated carbocycles. The Balaban J connectivity index is 2.41. The second-order valence-corrected chi connectivity index (χ2v) is 5.98. The number of rotatable bonds is 6. The first-order valence-electron chi connectivity index (χ1n) is 6.41. The minimum Gasteiger partial charge on any atom is -0.392 e. The standard InChI is InChI=1S/C13H28N2O/c1-11(2)12(16)9-15(5)10-13(14(3)4)7-6-8-13/h11-12,16H,6-10H2,1-5H3. The maximum atomic E-state index is 9.87. The van der Waals surface area contributed by atoms with Crippen LogP contribution in [0.1, 0.15) is 33.1 Å². The Morgan fingerprint density at radius 1 is 1.19 bits per heavy atom. The molecule has 3 nitrogen and oxygen atoms in total. The highest BCUT2D eigenvalue weighted by molar-refractivity contribution is 4.98. The van der Waals surface area contributed by atoms with Crippen LogP contribution in [0.2, 0.25) is 0 Å². The zero-order chi connectivity index (χ0) is 12.3. The Labute approximate surface area is 100 Å². The molecule has 1 unspecified atom stereocenters. The zero-order valence-corrected chi connectivity index (χ0v) is 11.5. The summed E-state index contributed by atoms with van der Waals surface area (Å²) in [5.41, 5.74) is 0.367. The predicted molar refractivity (Wildman–Crippen MR) is 68.6 cm³/mol. The van der Waals surface area contributed by atoms with Gasteiger partial charge in [0.15, 0.2) is 0 Å². The highest BCUT2D eigenvalue weighted by atomic mass is 16.3. The molecule has 0 saturated heterocycles. The third-order valence-corrected chi connectivity index (χ3v) is 4.07. The van der Waals surface area contributed by atoms with E-state index in [1.165, 1.54) is 19.3 Å². The van der Waals surface area contributed by atoms with Crippen LogP contribution >= 0.6 is 0 Å². The smallest absolute Gasteiger partial charge is 0.0689 e. The third-order valence-electron chi connectivity index (χ3n) is 4.07. The summed E-state index contributed by atoms with van der Waals surface area (Å²) in [6.45, 7) is 6.00. The van der Waals surface area contributed by atoms with Crippen molar-refractivity contribution in [1.82, 2.24) is 9.80 Å². The Morgan fingerprint density at radius 3 is 2.06 bits per heavy atom. The van der Waals surface area contributed by atoms with Gasteiger partial charge in [-0.3, -0.25) is 0 Å². The topological polar surface area (TPSA) is 26.7 Å². The average molecular weight is 228 g/mol. The zero-order valence-electron chi connectivity index (χ0n) is 11.5.